The molecule has 1 aromatic heterocycles. The average Bonchev–Trinajstić information content (AvgIpc) is 3.28. The smallest absolute Gasteiger partial charge is 0.338 e. The van der Waals surface area contributed by atoms with Crippen molar-refractivity contribution in [2.24, 2.45) is 0 Å². The van der Waals surface area contributed by atoms with E-state index in [1.54, 1.807) is 13.0 Å². The topological polar surface area (TPSA) is 112 Å². The van der Waals surface area contributed by atoms with Crippen molar-refractivity contribution in [1.29, 1.82) is 0 Å². The Bertz CT molecular complexity index is 1170. The first-order valence-corrected chi connectivity index (χ1v) is 11.1. The lowest BCUT2D eigenvalue weighted by Gasteiger charge is -2.26. The van der Waals surface area contributed by atoms with Crippen LogP contribution in [0, 0.1) is 6.92 Å². The fourth-order valence-electron chi connectivity index (χ4n) is 3.14. The Morgan fingerprint density at radius 3 is 2.61 bits per heavy atom. The monoisotopic (exact) mass is 443 g/mol. The lowest BCUT2D eigenvalue weighted by atomic mass is 10.1. The molecule has 3 aromatic rings. The lowest BCUT2D eigenvalue weighted by molar-refractivity contribution is 0.0428. The minimum atomic E-state index is -3.72. The molecule has 0 N–H and O–H groups in total. The van der Waals surface area contributed by atoms with E-state index in [1.807, 2.05) is 30.3 Å². The van der Waals surface area contributed by atoms with E-state index in [-0.39, 0.29) is 36.0 Å². The highest BCUT2D eigenvalue weighted by molar-refractivity contribution is 7.89. The molecular weight excluding hydrogens is 422 g/mol. The van der Waals surface area contributed by atoms with Crippen molar-refractivity contribution in [3.8, 4) is 11.4 Å². The Morgan fingerprint density at radius 2 is 1.87 bits per heavy atom. The number of sulfonamides is 1. The number of hydrogen-bond acceptors (Lipinski definition) is 8. The number of carbonyl (C=O) groups excluding carboxylic acids is 1. The van der Waals surface area contributed by atoms with E-state index in [0.29, 0.717) is 24.6 Å². The molecule has 0 radical (unpaired) electrons. The zero-order valence-corrected chi connectivity index (χ0v) is 17.7. The van der Waals surface area contributed by atoms with Gasteiger partial charge in [-0.15, -0.1) is 0 Å². The van der Waals surface area contributed by atoms with Crippen molar-refractivity contribution in [3.05, 3.63) is 65.5 Å². The Balaban J connectivity index is 1.47. The van der Waals surface area contributed by atoms with Crippen molar-refractivity contribution in [2.75, 3.05) is 26.3 Å². The number of rotatable bonds is 6. The number of morpholine rings is 1. The Morgan fingerprint density at radius 1 is 1.13 bits per heavy atom. The van der Waals surface area contributed by atoms with E-state index in [0.717, 1.165) is 5.56 Å². The predicted molar refractivity (Wildman–Crippen MR) is 110 cm³/mol. The normalized spacial score (nSPS) is 15.0. The number of ether oxygens (including phenoxy) is 2. The third-order valence-corrected chi connectivity index (χ3v) is 6.76. The van der Waals surface area contributed by atoms with Gasteiger partial charge in [-0.05, 0) is 24.6 Å². The highest BCUT2D eigenvalue weighted by Crippen LogP contribution is 2.22. The molecule has 0 bridgehead atoms. The summed E-state index contributed by atoms with van der Waals surface area (Å²) in [4.78, 5) is 16.9. The van der Waals surface area contributed by atoms with Crippen LogP contribution in [-0.2, 0) is 26.1 Å². The van der Waals surface area contributed by atoms with Crippen LogP contribution in [0.3, 0.4) is 0 Å². The van der Waals surface area contributed by atoms with Gasteiger partial charge >= 0.3 is 5.97 Å². The molecule has 0 amide bonds. The Hall–Kier alpha value is -3.08. The third kappa shape index (κ3) is 4.66. The molecular formula is C21H21N3O6S. The zero-order chi connectivity index (χ0) is 21.8. The molecule has 2 aromatic carbocycles. The fourth-order valence-corrected chi connectivity index (χ4v) is 4.58. The maximum atomic E-state index is 12.9. The highest BCUT2D eigenvalue weighted by atomic mass is 32.2. The van der Waals surface area contributed by atoms with Crippen molar-refractivity contribution in [1.82, 2.24) is 14.4 Å². The van der Waals surface area contributed by atoms with Crippen LogP contribution in [0.25, 0.3) is 11.4 Å². The molecule has 1 aliphatic rings. The van der Waals surface area contributed by atoms with E-state index in [4.69, 9.17) is 14.0 Å². The first-order chi connectivity index (χ1) is 14.9. The van der Waals surface area contributed by atoms with Crippen LogP contribution in [0.15, 0.2) is 57.9 Å². The second-order valence-corrected chi connectivity index (χ2v) is 8.89. The fraction of sp³-hybridized carbons (Fsp3) is 0.286. The molecule has 0 atom stereocenters. The molecule has 0 unspecified atom stereocenters. The van der Waals surface area contributed by atoms with Crippen molar-refractivity contribution in [3.63, 3.8) is 0 Å². The summed E-state index contributed by atoms with van der Waals surface area (Å²) in [6.45, 7) is 2.72. The van der Waals surface area contributed by atoms with Crippen molar-refractivity contribution < 1.29 is 27.2 Å². The van der Waals surface area contributed by atoms with Gasteiger partial charge in [0, 0.05) is 18.7 Å². The van der Waals surface area contributed by atoms with Gasteiger partial charge < -0.3 is 14.0 Å². The Kier molecular flexibility index (Phi) is 6.12. The number of carbonyl (C=O) groups is 1. The largest absolute Gasteiger partial charge is 0.452 e. The standard InChI is InChI=1S/C21H21N3O6S/c1-15-7-8-17(31(26,27)24-9-11-28-12-10-24)13-18(15)21(25)29-14-19-22-20(23-30-19)16-5-3-2-4-6-16/h2-8,13H,9-12,14H2,1H3. The second-order valence-electron chi connectivity index (χ2n) is 6.95. The molecule has 0 aliphatic carbocycles. The molecule has 9 nitrogen and oxygen atoms in total. The quantitative estimate of drug-likeness (QED) is 0.534. The molecule has 1 aliphatic heterocycles. The van der Waals surface area contributed by atoms with Crippen molar-refractivity contribution >= 4 is 16.0 Å². The van der Waals surface area contributed by atoms with E-state index in [9.17, 15) is 13.2 Å². The van der Waals surface area contributed by atoms with Gasteiger partial charge in [0.25, 0.3) is 5.89 Å². The number of benzene rings is 2. The number of esters is 1. The van der Waals surface area contributed by atoms with Crippen LogP contribution in [0.5, 0.6) is 0 Å². The predicted octanol–water partition coefficient (Wildman–Crippen LogP) is 2.42. The summed E-state index contributed by atoms with van der Waals surface area (Å²) in [7, 11) is -3.72. The van der Waals surface area contributed by atoms with Gasteiger partial charge in [0.1, 0.15) is 0 Å². The van der Waals surface area contributed by atoms with E-state index in [2.05, 4.69) is 10.1 Å². The summed E-state index contributed by atoms with van der Waals surface area (Å²) in [6.07, 6.45) is 0. The minimum Gasteiger partial charge on any atom is -0.452 e. The summed E-state index contributed by atoms with van der Waals surface area (Å²) in [6, 6.07) is 13.7. The van der Waals surface area contributed by atoms with Gasteiger partial charge in [-0.25, -0.2) is 13.2 Å². The third-order valence-electron chi connectivity index (χ3n) is 4.86. The minimum absolute atomic E-state index is 0.0381. The molecule has 1 fully saturated rings. The maximum Gasteiger partial charge on any atom is 0.338 e. The number of nitrogens with zero attached hydrogens (tertiary/aromatic N) is 3. The summed E-state index contributed by atoms with van der Waals surface area (Å²) in [5, 5.41) is 3.88. The van der Waals surface area contributed by atoms with Gasteiger partial charge in [-0.1, -0.05) is 41.6 Å². The van der Waals surface area contributed by atoms with Gasteiger partial charge in [-0.3, -0.25) is 0 Å². The molecule has 1 saturated heterocycles. The number of hydrogen-bond donors (Lipinski definition) is 0. The van der Waals surface area contributed by atoms with Crippen LogP contribution < -0.4 is 0 Å². The number of aromatic nitrogens is 2. The summed E-state index contributed by atoms with van der Waals surface area (Å²) in [5.74, 6) is -0.139. The van der Waals surface area contributed by atoms with Crippen LogP contribution >= 0.6 is 0 Å². The molecule has 162 valence electrons. The first kappa shape index (κ1) is 21.2. The SMILES string of the molecule is Cc1ccc(S(=O)(=O)N2CCOCC2)cc1C(=O)OCc1nc(-c2ccccc2)no1. The van der Waals surface area contributed by atoms with Gasteiger partial charge in [0.2, 0.25) is 15.8 Å². The van der Waals surface area contributed by atoms with Gasteiger partial charge in [-0.2, -0.15) is 9.29 Å². The lowest BCUT2D eigenvalue weighted by Crippen LogP contribution is -2.40. The molecule has 10 heteroatoms. The van der Waals surface area contributed by atoms with Gasteiger partial charge in [0.15, 0.2) is 6.61 Å². The Labute approximate surface area is 179 Å². The molecule has 2 heterocycles. The van der Waals surface area contributed by atoms with Gasteiger partial charge in [0.05, 0.1) is 23.7 Å². The van der Waals surface area contributed by atoms with Crippen LogP contribution in [0.2, 0.25) is 0 Å². The van der Waals surface area contributed by atoms with Crippen LogP contribution in [-0.4, -0.2) is 55.1 Å². The summed E-state index contributed by atoms with van der Waals surface area (Å²) >= 11 is 0. The first-order valence-electron chi connectivity index (χ1n) is 9.69. The van der Waals surface area contributed by atoms with E-state index >= 15 is 0 Å². The van der Waals surface area contributed by atoms with E-state index < -0.39 is 16.0 Å². The van der Waals surface area contributed by atoms with Crippen molar-refractivity contribution in [2.45, 2.75) is 18.4 Å². The molecule has 0 spiro atoms. The molecule has 4 rings (SSSR count). The highest BCUT2D eigenvalue weighted by Gasteiger charge is 2.27. The molecule has 0 saturated carbocycles. The summed E-state index contributed by atoms with van der Waals surface area (Å²) in [5.41, 5.74) is 1.54. The van der Waals surface area contributed by atoms with Crippen LogP contribution in [0.4, 0.5) is 0 Å². The molecule has 31 heavy (non-hydrogen) atoms. The maximum absolute atomic E-state index is 12.9. The van der Waals surface area contributed by atoms with Crippen LogP contribution in [0.1, 0.15) is 21.8 Å². The average molecular weight is 443 g/mol. The van der Waals surface area contributed by atoms with E-state index in [1.165, 1.54) is 16.4 Å². The number of aryl methyl sites for hydroxylation is 1. The second kappa shape index (κ2) is 8.96. The zero-order valence-electron chi connectivity index (χ0n) is 16.9. The summed E-state index contributed by atoms with van der Waals surface area (Å²) < 4.78 is 42.7.